The summed E-state index contributed by atoms with van der Waals surface area (Å²) >= 11 is 0. The molecule has 17 heavy (non-hydrogen) atoms. The Morgan fingerprint density at radius 3 is 2.18 bits per heavy atom. The van der Waals surface area contributed by atoms with E-state index in [2.05, 4.69) is 0 Å². The maximum Gasteiger partial charge on any atom is 0.411 e. The van der Waals surface area contributed by atoms with Crippen LogP contribution in [-0.2, 0) is 9.53 Å². The van der Waals surface area contributed by atoms with E-state index in [1.54, 1.807) is 20.8 Å². The highest BCUT2D eigenvalue weighted by Crippen LogP contribution is 2.28. The second-order valence-corrected chi connectivity index (χ2v) is 5.49. The first-order valence-corrected chi connectivity index (χ1v) is 5.96. The molecule has 1 aliphatic carbocycles. The Morgan fingerprint density at radius 2 is 1.88 bits per heavy atom. The van der Waals surface area contributed by atoms with Crippen molar-refractivity contribution in [2.75, 3.05) is 0 Å². The van der Waals surface area contributed by atoms with Crippen LogP contribution < -0.4 is 0 Å². The van der Waals surface area contributed by atoms with Gasteiger partial charge in [-0.05, 0) is 47.0 Å². The minimum Gasteiger partial charge on any atom is -0.480 e. The van der Waals surface area contributed by atoms with Gasteiger partial charge in [-0.25, -0.2) is 9.59 Å². The molecule has 1 aliphatic rings. The number of rotatable bonds is 3. The maximum atomic E-state index is 12.0. The van der Waals surface area contributed by atoms with Crippen LogP contribution in [0.25, 0.3) is 0 Å². The molecule has 1 atom stereocenters. The van der Waals surface area contributed by atoms with E-state index in [9.17, 15) is 9.59 Å². The molecule has 1 saturated carbocycles. The quantitative estimate of drug-likeness (QED) is 0.825. The zero-order valence-electron chi connectivity index (χ0n) is 10.9. The van der Waals surface area contributed by atoms with Crippen LogP contribution in [0.15, 0.2) is 0 Å². The van der Waals surface area contributed by atoms with Crippen LogP contribution in [-0.4, -0.2) is 39.8 Å². The van der Waals surface area contributed by atoms with Crippen molar-refractivity contribution in [3.8, 4) is 0 Å². The van der Waals surface area contributed by atoms with Gasteiger partial charge in [0.05, 0.1) is 0 Å². The minimum absolute atomic E-state index is 0.0101. The van der Waals surface area contributed by atoms with E-state index in [1.165, 1.54) is 11.8 Å². The zero-order valence-corrected chi connectivity index (χ0v) is 10.9. The Balaban J connectivity index is 2.75. The molecule has 5 nitrogen and oxygen atoms in total. The summed E-state index contributed by atoms with van der Waals surface area (Å²) in [6.07, 6.45) is 2.22. The van der Waals surface area contributed by atoms with Crippen LogP contribution in [0.3, 0.4) is 0 Å². The standard InChI is InChI=1S/C12H21NO4/c1-8(10(14)15)13(9-6-5-7-9)11(16)17-12(2,3)4/h8-9H,5-7H2,1-4H3,(H,14,15). The van der Waals surface area contributed by atoms with Crippen LogP contribution in [0.2, 0.25) is 0 Å². The monoisotopic (exact) mass is 243 g/mol. The molecule has 1 rings (SSSR count). The van der Waals surface area contributed by atoms with E-state index < -0.39 is 23.7 Å². The topological polar surface area (TPSA) is 66.8 Å². The smallest absolute Gasteiger partial charge is 0.411 e. The lowest BCUT2D eigenvalue weighted by Gasteiger charge is -2.40. The van der Waals surface area contributed by atoms with Gasteiger partial charge < -0.3 is 9.84 Å². The summed E-state index contributed by atoms with van der Waals surface area (Å²) in [4.78, 5) is 24.3. The summed E-state index contributed by atoms with van der Waals surface area (Å²) in [5, 5.41) is 9.02. The largest absolute Gasteiger partial charge is 0.480 e. The predicted octanol–water partition coefficient (Wildman–Crippen LogP) is 2.25. The molecule has 5 heteroatoms. The second kappa shape index (κ2) is 4.94. The Bertz CT molecular complexity index is 304. The van der Waals surface area contributed by atoms with E-state index in [0.29, 0.717) is 0 Å². The van der Waals surface area contributed by atoms with Crippen molar-refractivity contribution in [2.45, 2.75) is 64.6 Å². The Labute approximate surface area is 102 Å². The van der Waals surface area contributed by atoms with E-state index in [4.69, 9.17) is 9.84 Å². The number of hydrogen-bond acceptors (Lipinski definition) is 3. The predicted molar refractivity (Wildman–Crippen MR) is 62.8 cm³/mol. The van der Waals surface area contributed by atoms with Crippen LogP contribution in [0.5, 0.6) is 0 Å². The van der Waals surface area contributed by atoms with E-state index >= 15 is 0 Å². The summed E-state index contributed by atoms with van der Waals surface area (Å²) in [5.41, 5.74) is -0.600. The number of hydrogen-bond donors (Lipinski definition) is 1. The van der Waals surface area contributed by atoms with Crippen molar-refractivity contribution in [1.29, 1.82) is 0 Å². The molecular formula is C12H21NO4. The summed E-state index contributed by atoms with van der Waals surface area (Å²) < 4.78 is 5.25. The van der Waals surface area contributed by atoms with E-state index in [1.807, 2.05) is 0 Å². The molecule has 0 spiro atoms. The van der Waals surface area contributed by atoms with Gasteiger partial charge in [0.15, 0.2) is 0 Å². The average Bonchev–Trinajstić information content (AvgIpc) is 2.06. The van der Waals surface area contributed by atoms with E-state index in [0.717, 1.165) is 19.3 Å². The SMILES string of the molecule is CC(C(=O)O)N(C(=O)OC(C)(C)C)C1CCC1. The third-order valence-electron chi connectivity index (χ3n) is 2.85. The molecule has 0 heterocycles. The summed E-state index contributed by atoms with van der Waals surface area (Å²) in [6.45, 7) is 6.84. The molecule has 0 aromatic heterocycles. The Hall–Kier alpha value is -1.26. The van der Waals surface area contributed by atoms with Gasteiger partial charge in [-0.15, -0.1) is 0 Å². The van der Waals surface area contributed by atoms with Crippen molar-refractivity contribution < 1.29 is 19.4 Å². The number of carbonyl (C=O) groups excluding carboxylic acids is 1. The highest BCUT2D eigenvalue weighted by atomic mass is 16.6. The highest BCUT2D eigenvalue weighted by molar-refractivity contribution is 5.80. The first-order chi connectivity index (χ1) is 7.72. The first-order valence-electron chi connectivity index (χ1n) is 5.96. The second-order valence-electron chi connectivity index (χ2n) is 5.49. The molecule has 1 amide bonds. The summed E-state index contributed by atoms with van der Waals surface area (Å²) in [7, 11) is 0. The van der Waals surface area contributed by atoms with Gasteiger partial charge in [-0.2, -0.15) is 0 Å². The molecule has 98 valence electrons. The third kappa shape index (κ3) is 3.61. The number of amides is 1. The van der Waals surface area contributed by atoms with Gasteiger partial charge in [0.2, 0.25) is 0 Å². The van der Waals surface area contributed by atoms with Crippen molar-refractivity contribution in [3.05, 3.63) is 0 Å². The fourth-order valence-corrected chi connectivity index (χ4v) is 1.72. The molecule has 1 fully saturated rings. The fraction of sp³-hybridized carbons (Fsp3) is 0.833. The lowest BCUT2D eigenvalue weighted by molar-refractivity contribution is -0.144. The highest BCUT2D eigenvalue weighted by Gasteiger charge is 2.37. The normalized spacial score (nSPS) is 18.1. The number of nitrogens with zero attached hydrogens (tertiary/aromatic N) is 1. The fourth-order valence-electron chi connectivity index (χ4n) is 1.72. The van der Waals surface area contributed by atoms with Crippen molar-refractivity contribution >= 4 is 12.1 Å². The number of ether oxygens (including phenoxy) is 1. The number of aliphatic carboxylic acids is 1. The molecule has 1 N–H and O–H groups in total. The molecule has 1 unspecified atom stereocenters. The lowest BCUT2D eigenvalue weighted by Crippen LogP contribution is -2.53. The molecule has 0 aromatic rings. The Kier molecular flexibility index (Phi) is 4.01. The van der Waals surface area contributed by atoms with Crippen molar-refractivity contribution in [3.63, 3.8) is 0 Å². The molecular weight excluding hydrogens is 222 g/mol. The lowest BCUT2D eigenvalue weighted by atomic mass is 9.91. The number of carbonyl (C=O) groups is 2. The number of carboxylic acids is 1. The van der Waals surface area contributed by atoms with E-state index in [-0.39, 0.29) is 6.04 Å². The summed E-state index contributed by atoms with van der Waals surface area (Å²) in [6, 6.07) is -0.828. The molecule has 0 aromatic carbocycles. The molecule has 0 aliphatic heterocycles. The van der Waals surface area contributed by atoms with Crippen LogP contribution in [0.4, 0.5) is 4.79 Å². The number of carboxylic acid groups (broad SMARTS) is 1. The van der Waals surface area contributed by atoms with Gasteiger partial charge >= 0.3 is 12.1 Å². The average molecular weight is 243 g/mol. The van der Waals surface area contributed by atoms with Gasteiger partial charge in [0.1, 0.15) is 11.6 Å². The Morgan fingerprint density at radius 1 is 1.35 bits per heavy atom. The summed E-state index contributed by atoms with van der Waals surface area (Å²) in [5.74, 6) is -0.997. The van der Waals surface area contributed by atoms with Gasteiger partial charge in [0.25, 0.3) is 0 Å². The van der Waals surface area contributed by atoms with Gasteiger partial charge in [-0.3, -0.25) is 4.90 Å². The zero-order chi connectivity index (χ0) is 13.2. The maximum absolute atomic E-state index is 12.0. The van der Waals surface area contributed by atoms with Crippen LogP contribution in [0.1, 0.15) is 47.0 Å². The van der Waals surface area contributed by atoms with Crippen LogP contribution in [0, 0.1) is 0 Å². The first kappa shape index (κ1) is 13.8. The van der Waals surface area contributed by atoms with Gasteiger partial charge in [-0.1, -0.05) is 0 Å². The molecule has 0 saturated heterocycles. The van der Waals surface area contributed by atoms with Crippen molar-refractivity contribution in [1.82, 2.24) is 4.90 Å². The van der Waals surface area contributed by atoms with Crippen molar-refractivity contribution in [2.24, 2.45) is 0 Å². The molecule has 0 radical (unpaired) electrons. The van der Waals surface area contributed by atoms with Crippen LogP contribution >= 0.6 is 0 Å². The third-order valence-corrected chi connectivity index (χ3v) is 2.85. The van der Waals surface area contributed by atoms with Gasteiger partial charge in [0, 0.05) is 6.04 Å². The molecule has 0 bridgehead atoms. The minimum atomic E-state index is -0.997.